The average Bonchev–Trinajstić information content (AvgIpc) is 3.76. The third-order valence-electron chi connectivity index (χ3n) is 19.5. The minimum atomic E-state index is -3.85. The molecule has 10 heterocycles. The van der Waals surface area contributed by atoms with Crippen molar-refractivity contribution in [3.63, 3.8) is 0 Å². The fourth-order valence-corrected chi connectivity index (χ4v) is 143. The summed E-state index contributed by atoms with van der Waals surface area (Å²) in [7, 11) is -1.61. The maximum absolute atomic E-state index is 3.85. The Hall–Kier alpha value is -0.434. The van der Waals surface area contributed by atoms with Crippen LogP contribution in [0.4, 0.5) is 0 Å². The summed E-state index contributed by atoms with van der Waals surface area (Å²) >= 11 is 0. The Labute approximate surface area is 190 Å². The molecule has 10 aliphatic rings. The van der Waals surface area contributed by atoms with Crippen LogP contribution in [0.5, 0.6) is 0 Å². The van der Waals surface area contributed by atoms with Crippen molar-refractivity contribution >= 4 is 26.6 Å². The topological polar surface area (TPSA) is 3.24 Å². The van der Waals surface area contributed by atoms with Gasteiger partial charge in [0, 0.05) is 0 Å². The second kappa shape index (κ2) is 2.29. The molecule has 10 fully saturated rings. The van der Waals surface area contributed by atoms with Crippen molar-refractivity contribution in [1.82, 2.24) is 4.90 Å². The summed E-state index contributed by atoms with van der Waals surface area (Å²) in [5.41, 5.74) is 0. The van der Waals surface area contributed by atoms with Gasteiger partial charge in [-0.25, -0.2) is 0 Å². The first-order valence-electron chi connectivity index (χ1n) is 13.5. The van der Waals surface area contributed by atoms with Crippen molar-refractivity contribution < 1.29 is 6.51 Å². The Bertz CT molecular complexity index is 1700. The molecule has 10 aliphatic heterocycles. The molecule has 4 heteroatoms. The summed E-state index contributed by atoms with van der Waals surface area (Å²) in [5.74, 6) is 0. The van der Waals surface area contributed by atoms with E-state index in [1.54, 1.807) is 10.6 Å². The molecular weight excluding hydrogens is 477 g/mol. The van der Waals surface area contributed by atoms with E-state index in [1.807, 2.05) is 0 Å². The van der Waals surface area contributed by atoms with Gasteiger partial charge in [-0.15, -0.1) is 0 Å². The van der Waals surface area contributed by atoms with Gasteiger partial charge >= 0.3 is 191 Å². The van der Waals surface area contributed by atoms with Gasteiger partial charge in [0.2, 0.25) is 0 Å². The molecule has 0 N–H and O–H groups in total. The zero-order valence-corrected chi connectivity index (χ0v) is 23.5. The summed E-state index contributed by atoms with van der Waals surface area (Å²) in [5, 5.41) is 3.49. The molecule has 1 nitrogen and oxygen atoms in total. The van der Waals surface area contributed by atoms with Crippen LogP contribution < -0.4 is 10.6 Å². The zero-order valence-electron chi connectivity index (χ0n) is 20.5. The van der Waals surface area contributed by atoms with E-state index in [1.165, 1.54) is 46.8 Å². The summed E-state index contributed by atoms with van der Waals surface area (Å²) < 4.78 is 2.45. The number of fused-ring (bicyclic) bond motifs is 10. The molecule has 2 aromatic rings. The number of hydrogen-bond acceptors (Lipinski definition) is 1. The minimum absolute atomic E-state index is 0.281. The average molecular weight is 514 g/mol. The fraction of sp³-hybridized carbons (Fsp3) is 0.586. The van der Waals surface area contributed by atoms with Crippen molar-refractivity contribution in [2.45, 2.75) is 79.6 Å². The molecule has 0 amide bonds. The Kier molecular flexibility index (Phi) is 1.18. The van der Waals surface area contributed by atoms with E-state index in [0.717, 1.165) is 12.4 Å². The summed E-state index contributed by atoms with van der Waals surface area (Å²) in [6.07, 6.45) is 0. The number of nitrogens with zero attached hydrogens (tertiary/aromatic N) is 1. The Balaban J connectivity index is 1.32. The second-order valence-electron chi connectivity index (χ2n) is 16.2. The van der Waals surface area contributed by atoms with Crippen molar-refractivity contribution in [2.24, 2.45) is 0 Å². The summed E-state index contributed by atoms with van der Waals surface area (Å²) in [6, 6.07) is 24.2. The molecule has 12 rings (SSSR count). The predicted octanol–water partition coefficient (Wildman–Crippen LogP) is 6.91. The van der Waals surface area contributed by atoms with Crippen LogP contribution in [0.25, 0.3) is 0 Å². The molecule has 10 saturated heterocycles. The quantitative estimate of drug-likeness (QED) is 0.287. The van der Waals surface area contributed by atoms with Crippen molar-refractivity contribution in [1.29, 1.82) is 0 Å². The van der Waals surface area contributed by atoms with Crippen LogP contribution in [0.2, 0.25) is 57.3 Å². The zero-order chi connectivity index (χ0) is 22.2. The van der Waals surface area contributed by atoms with Crippen LogP contribution in [0, 0.1) is 0 Å². The van der Waals surface area contributed by atoms with E-state index in [4.69, 9.17) is 0 Å². The molecule has 0 bridgehead atoms. The van der Waals surface area contributed by atoms with Crippen LogP contribution >= 0.6 is 7.92 Å². The first-order chi connectivity index (χ1) is 15.7. The molecule has 1 spiro atoms. The molecule has 174 valence electrons. The number of benzene rings is 2. The van der Waals surface area contributed by atoms with E-state index < -0.39 is 14.6 Å². The molecule has 2 aromatic carbocycles. The van der Waals surface area contributed by atoms with E-state index in [-0.39, 0.29) is 7.92 Å². The van der Waals surface area contributed by atoms with E-state index in [9.17, 15) is 0 Å². The molecule has 0 saturated carbocycles. The van der Waals surface area contributed by atoms with Gasteiger partial charge in [0.25, 0.3) is 0 Å². The van der Waals surface area contributed by atoms with Crippen molar-refractivity contribution in [2.75, 3.05) is 13.1 Å². The van der Waals surface area contributed by atoms with Gasteiger partial charge in [0.15, 0.2) is 0 Å². The van der Waals surface area contributed by atoms with Gasteiger partial charge in [0.1, 0.15) is 0 Å². The normalized spacial score (nSPS) is 72.4. The Morgan fingerprint density at radius 1 is 0.758 bits per heavy atom. The van der Waals surface area contributed by atoms with Crippen molar-refractivity contribution in [3.8, 4) is 0 Å². The van der Waals surface area contributed by atoms with Crippen LogP contribution in [0.3, 0.4) is 0 Å². The SMILES string of the molecule is CCN(CC)[C]12[CH]3[CH]4[C]5([Si](C)(C)C)[C]1(P(c1ccccc1)c1ccccc1)[Fe]34251678[CH]2[CH]1[CH]6[CH]7[CH]28. The molecule has 5 atom stereocenters. The third kappa shape index (κ3) is 0.329. The van der Waals surface area contributed by atoms with Gasteiger partial charge in [-0.1, -0.05) is 0 Å². The Morgan fingerprint density at radius 2 is 1.21 bits per heavy atom. The van der Waals surface area contributed by atoms with Crippen LogP contribution in [0.1, 0.15) is 13.8 Å². The molecule has 0 aromatic heterocycles. The number of hydrogen-bond donors (Lipinski definition) is 0. The van der Waals surface area contributed by atoms with Gasteiger partial charge in [-0.05, 0) is 0 Å². The van der Waals surface area contributed by atoms with E-state index in [0.29, 0.717) is 0 Å². The van der Waals surface area contributed by atoms with Gasteiger partial charge in [-0.2, -0.15) is 0 Å². The molecule has 33 heavy (non-hydrogen) atoms. The first-order valence-corrected chi connectivity index (χ1v) is 24.5. The van der Waals surface area contributed by atoms with Gasteiger partial charge in [0.05, 0.1) is 0 Å². The summed E-state index contributed by atoms with van der Waals surface area (Å²) in [6.45, 7) is 12.4. The third-order valence-corrected chi connectivity index (χ3v) is 78.9. The standard InChI is InChI=1S/C24H31NPSi.C5H5.Fe/c1-6-25(7-2)22-18-19-23(27(3,4)5)24(22)26(20-14-10-8-11-15-20)21-16-12-9-13-17-21;1-2-4-5-3-1;/h8-19H,6-7H2,1-5H3;1-5H;. The van der Waals surface area contributed by atoms with E-state index in [2.05, 4.69) is 99.1 Å². The predicted molar refractivity (Wildman–Crippen MR) is 140 cm³/mol. The second-order valence-corrected chi connectivity index (χ2v) is 47.6. The molecule has 0 radical (unpaired) electrons. The van der Waals surface area contributed by atoms with Crippen LogP contribution in [0.15, 0.2) is 60.7 Å². The van der Waals surface area contributed by atoms with Crippen LogP contribution in [-0.2, 0) is 6.51 Å². The molecule has 0 aliphatic carbocycles. The molecular formula is C29H36FeNPSi. The first kappa shape index (κ1) is 17.1. The van der Waals surface area contributed by atoms with Gasteiger partial charge in [-0.3, -0.25) is 0 Å². The monoisotopic (exact) mass is 513 g/mol. The fourth-order valence-electron chi connectivity index (χ4n) is 22.7. The van der Waals surface area contributed by atoms with E-state index >= 15 is 0 Å². The van der Waals surface area contributed by atoms with Crippen LogP contribution in [-0.4, -0.2) is 34.6 Å². The maximum atomic E-state index is 3.22. The number of rotatable bonds is 7. The Morgan fingerprint density at radius 3 is 1.58 bits per heavy atom. The van der Waals surface area contributed by atoms with Gasteiger partial charge < -0.3 is 0 Å². The molecule has 5 unspecified atom stereocenters. The van der Waals surface area contributed by atoms with Crippen molar-refractivity contribution in [3.05, 3.63) is 60.7 Å². The summed E-state index contributed by atoms with van der Waals surface area (Å²) in [4.78, 5) is 12.5.